The van der Waals surface area contributed by atoms with Crippen molar-refractivity contribution in [1.29, 1.82) is 0 Å². The second-order valence-electron chi connectivity index (χ2n) is 15.8. The number of rotatable bonds is 4. The van der Waals surface area contributed by atoms with Crippen LogP contribution in [0.2, 0.25) is 0 Å². The first-order chi connectivity index (χ1) is 20.2. The highest BCUT2D eigenvalue weighted by atomic mass is 16.3. The standard InChI is InChI=1S/C38H48N4O2/c1-35(2,3)25-15-23(33(43)27(17-25)37(7,8)9)21-41-31-19-29-30(40-14-13-39-29)20-32(31)42-22-24-16-26(36(4,5)6)18-28(34(24)44)38(10,11)12/h13-22,43-44H,1-12H3. The van der Waals surface area contributed by atoms with Crippen LogP contribution in [0, 0.1) is 0 Å². The summed E-state index contributed by atoms with van der Waals surface area (Å²) >= 11 is 0. The first kappa shape index (κ1) is 32.8. The summed E-state index contributed by atoms with van der Waals surface area (Å²) in [5.41, 5.74) is 7.07. The molecule has 1 heterocycles. The zero-order valence-electron chi connectivity index (χ0n) is 28.5. The maximum Gasteiger partial charge on any atom is 0.128 e. The van der Waals surface area contributed by atoms with Crippen LogP contribution in [0.25, 0.3) is 11.0 Å². The van der Waals surface area contributed by atoms with Gasteiger partial charge in [0, 0.05) is 47.1 Å². The van der Waals surface area contributed by atoms with E-state index in [1.165, 1.54) is 0 Å². The molecule has 0 saturated carbocycles. The number of aromatic hydroxyl groups is 2. The summed E-state index contributed by atoms with van der Waals surface area (Å²) in [6.07, 6.45) is 6.70. The molecule has 232 valence electrons. The van der Waals surface area contributed by atoms with E-state index in [0.29, 0.717) is 33.5 Å². The van der Waals surface area contributed by atoms with Crippen LogP contribution in [0.15, 0.2) is 58.8 Å². The van der Waals surface area contributed by atoms with E-state index in [-0.39, 0.29) is 33.2 Å². The smallest absolute Gasteiger partial charge is 0.128 e. The minimum Gasteiger partial charge on any atom is -0.507 e. The largest absolute Gasteiger partial charge is 0.507 e. The van der Waals surface area contributed by atoms with Crippen molar-refractivity contribution in [2.45, 2.75) is 105 Å². The quantitative estimate of drug-likeness (QED) is 0.231. The van der Waals surface area contributed by atoms with Gasteiger partial charge < -0.3 is 10.2 Å². The molecule has 0 spiro atoms. The summed E-state index contributed by atoms with van der Waals surface area (Å²) in [6.45, 7) is 25.6. The molecule has 3 aromatic carbocycles. The van der Waals surface area contributed by atoms with Gasteiger partial charge in [0.2, 0.25) is 0 Å². The number of phenols is 2. The van der Waals surface area contributed by atoms with Gasteiger partial charge in [-0.25, -0.2) is 0 Å². The van der Waals surface area contributed by atoms with Gasteiger partial charge in [-0.2, -0.15) is 0 Å². The Hall–Kier alpha value is -4.06. The minimum absolute atomic E-state index is 0.111. The average Bonchev–Trinajstić information content (AvgIpc) is 2.89. The predicted molar refractivity (Wildman–Crippen MR) is 185 cm³/mol. The van der Waals surface area contributed by atoms with E-state index in [1.807, 2.05) is 24.3 Å². The maximum absolute atomic E-state index is 11.3. The average molecular weight is 593 g/mol. The Bertz CT molecular complexity index is 1630. The zero-order valence-corrected chi connectivity index (χ0v) is 28.5. The van der Waals surface area contributed by atoms with Crippen LogP contribution in [0.5, 0.6) is 11.5 Å². The number of benzene rings is 3. The lowest BCUT2D eigenvalue weighted by Gasteiger charge is -2.27. The zero-order chi connectivity index (χ0) is 32.8. The summed E-state index contributed by atoms with van der Waals surface area (Å²) in [7, 11) is 0. The lowest BCUT2D eigenvalue weighted by molar-refractivity contribution is 0.443. The number of phenolic OH excluding ortho intramolecular Hbond substituents is 2. The highest BCUT2D eigenvalue weighted by Crippen LogP contribution is 2.40. The van der Waals surface area contributed by atoms with Gasteiger partial charge >= 0.3 is 0 Å². The Kier molecular flexibility index (Phi) is 8.55. The predicted octanol–water partition coefficient (Wildman–Crippen LogP) is 9.73. The lowest BCUT2D eigenvalue weighted by atomic mass is 9.79. The van der Waals surface area contributed by atoms with Crippen LogP contribution in [0.3, 0.4) is 0 Å². The summed E-state index contributed by atoms with van der Waals surface area (Å²) in [5, 5.41) is 22.7. The van der Waals surface area contributed by atoms with Crippen LogP contribution < -0.4 is 0 Å². The van der Waals surface area contributed by atoms with E-state index >= 15 is 0 Å². The molecule has 0 unspecified atom stereocenters. The van der Waals surface area contributed by atoms with Crippen molar-refractivity contribution in [3.05, 3.63) is 82.2 Å². The first-order valence-electron chi connectivity index (χ1n) is 15.2. The topological polar surface area (TPSA) is 91.0 Å². The van der Waals surface area contributed by atoms with Crippen LogP contribution in [0.4, 0.5) is 11.4 Å². The molecule has 0 aliphatic heterocycles. The molecule has 4 aromatic rings. The molecule has 0 bridgehead atoms. The van der Waals surface area contributed by atoms with Crippen LogP contribution in [-0.4, -0.2) is 32.6 Å². The van der Waals surface area contributed by atoms with E-state index < -0.39 is 0 Å². The number of fused-ring (bicyclic) bond motifs is 1. The Labute approximate surface area is 263 Å². The van der Waals surface area contributed by atoms with Crippen LogP contribution >= 0.6 is 0 Å². The molecule has 0 radical (unpaired) electrons. The van der Waals surface area contributed by atoms with Crippen molar-refractivity contribution in [2.75, 3.05) is 0 Å². The number of hydrogen-bond acceptors (Lipinski definition) is 6. The SMILES string of the molecule is CC(C)(C)c1cc(C=Nc2cc3nccnc3cc2N=Cc2cc(C(C)(C)C)cc(C(C)(C)C)c2O)c(O)c(C(C)(C)C)c1. The Morgan fingerprint density at radius 2 is 0.841 bits per heavy atom. The first-order valence-corrected chi connectivity index (χ1v) is 15.2. The molecule has 0 atom stereocenters. The monoisotopic (exact) mass is 592 g/mol. The third-order valence-electron chi connectivity index (χ3n) is 7.88. The van der Waals surface area contributed by atoms with Crippen molar-refractivity contribution < 1.29 is 10.2 Å². The van der Waals surface area contributed by atoms with Crippen molar-refractivity contribution in [1.82, 2.24) is 9.97 Å². The van der Waals surface area contributed by atoms with E-state index in [9.17, 15) is 10.2 Å². The highest BCUT2D eigenvalue weighted by Gasteiger charge is 2.26. The molecule has 2 N–H and O–H groups in total. The summed E-state index contributed by atoms with van der Waals surface area (Å²) in [5.74, 6) is 0.442. The van der Waals surface area contributed by atoms with Gasteiger partial charge in [-0.05, 0) is 57.1 Å². The van der Waals surface area contributed by atoms with E-state index in [4.69, 9.17) is 9.98 Å². The van der Waals surface area contributed by atoms with Gasteiger partial charge in [0.1, 0.15) is 11.5 Å². The molecule has 0 aliphatic carbocycles. The van der Waals surface area contributed by atoms with Gasteiger partial charge in [0.15, 0.2) is 0 Å². The van der Waals surface area contributed by atoms with Crippen molar-refractivity contribution >= 4 is 34.8 Å². The van der Waals surface area contributed by atoms with Gasteiger partial charge in [-0.1, -0.05) is 95.2 Å². The van der Waals surface area contributed by atoms with Crippen LogP contribution in [0.1, 0.15) is 116 Å². The van der Waals surface area contributed by atoms with Gasteiger partial charge in [-0.3, -0.25) is 20.0 Å². The van der Waals surface area contributed by atoms with E-state index in [1.54, 1.807) is 24.8 Å². The highest BCUT2D eigenvalue weighted by molar-refractivity contribution is 5.94. The molecule has 0 saturated heterocycles. The summed E-state index contributed by atoms with van der Waals surface area (Å²) in [6, 6.07) is 11.9. The summed E-state index contributed by atoms with van der Waals surface area (Å²) < 4.78 is 0. The van der Waals surface area contributed by atoms with Gasteiger partial charge in [-0.15, -0.1) is 0 Å². The molecule has 0 aliphatic rings. The summed E-state index contributed by atoms with van der Waals surface area (Å²) in [4.78, 5) is 18.7. The van der Waals surface area contributed by atoms with Crippen molar-refractivity contribution in [2.24, 2.45) is 9.98 Å². The van der Waals surface area contributed by atoms with E-state index in [2.05, 4.69) is 105 Å². The molecule has 6 nitrogen and oxygen atoms in total. The number of hydrogen-bond donors (Lipinski definition) is 2. The Balaban J connectivity index is 1.90. The number of nitrogens with zero attached hydrogens (tertiary/aromatic N) is 4. The maximum atomic E-state index is 11.3. The van der Waals surface area contributed by atoms with E-state index in [0.717, 1.165) is 22.3 Å². The molecular formula is C38H48N4O2. The molecule has 44 heavy (non-hydrogen) atoms. The fourth-order valence-electron chi connectivity index (χ4n) is 4.99. The molecule has 0 amide bonds. The fourth-order valence-corrected chi connectivity index (χ4v) is 4.99. The second kappa shape index (κ2) is 11.5. The Morgan fingerprint density at radius 3 is 1.14 bits per heavy atom. The van der Waals surface area contributed by atoms with Crippen molar-refractivity contribution in [3.8, 4) is 11.5 Å². The second-order valence-corrected chi connectivity index (χ2v) is 15.8. The molecule has 0 fully saturated rings. The van der Waals surface area contributed by atoms with Crippen molar-refractivity contribution in [3.63, 3.8) is 0 Å². The minimum atomic E-state index is -0.253. The van der Waals surface area contributed by atoms with Gasteiger partial charge in [0.05, 0.1) is 22.4 Å². The molecule has 6 heteroatoms. The Morgan fingerprint density at radius 1 is 0.500 bits per heavy atom. The lowest BCUT2D eigenvalue weighted by Crippen LogP contribution is -2.17. The molecule has 4 rings (SSSR count). The third-order valence-corrected chi connectivity index (χ3v) is 7.88. The molecular weight excluding hydrogens is 544 g/mol. The van der Waals surface area contributed by atoms with Crippen LogP contribution in [-0.2, 0) is 21.7 Å². The van der Waals surface area contributed by atoms with Gasteiger partial charge in [0.25, 0.3) is 0 Å². The number of aliphatic imine (C=N–C) groups is 2. The molecule has 1 aromatic heterocycles. The third kappa shape index (κ3) is 7.18. The fraction of sp³-hybridized carbons (Fsp3) is 0.421. The normalized spacial score (nSPS) is 13.5. The number of aromatic nitrogens is 2.